The first-order chi connectivity index (χ1) is 6.61. The average molecular weight is 210 g/mol. The van der Waals surface area contributed by atoms with E-state index < -0.39 is 0 Å². The minimum atomic E-state index is -0.310. The van der Waals surface area contributed by atoms with Crippen molar-refractivity contribution in [2.75, 3.05) is 13.6 Å². The van der Waals surface area contributed by atoms with E-state index in [0.717, 1.165) is 17.0 Å². The molecule has 0 fully saturated rings. The fraction of sp³-hybridized carbons (Fsp3) is 0.500. The Bertz CT molecular complexity index is 327. The summed E-state index contributed by atoms with van der Waals surface area (Å²) in [6.45, 7) is 3.21. The summed E-state index contributed by atoms with van der Waals surface area (Å²) in [5.74, 6) is 0. The second-order valence-corrected chi connectivity index (χ2v) is 4.46. The van der Waals surface area contributed by atoms with E-state index in [4.69, 9.17) is 10.4 Å². The Morgan fingerprint density at radius 1 is 1.71 bits per heavy atom. The van der Waals surface area contributed by atoms with Crippen LogP contribution in [0, 0.1) is 11.3 Å². The van der Waals surface area contributed by atoms with Gasteiger partial charge in [-0.2, -0.15) is 5.26 Å². The van der Waals surface area contributed by atoms with Crippen LogP contribution in [-0.2, 0) is 6.54 Å². The van der Waals surface area contributed by atoms with Crippen LogP contribution in [0.15, 0.2) is 11.4 Å². The van der Waals surface area contributed by atoms with Crippen molar-refractivity contribution in [3.05, 3.63) is 21.9 Å². The second kappa shape index (κ2) is 5.11. The molecule has 0 saturated heterocycles. The highest BCUT2D eigenvalue weighted by atomic mass is 32.1. The summed E-state index contributed by atoms with van der Waals surface area (Å²) in [5.41, 5.74) is 0.718. The number of aliphatic hydroxyl groups is 1. The van der Waals surface area contributed by atoms with Crippen LogP contribution >= 0.6 is 11.3 Å². The highest BCUT2D eigenvalue weighted by Gasteiger charge is 2.05. The SMILES string of the molecule is CC(O)CN(C)Cc1cc(C#N)cs1. The van der Waals surface area contributed by atoms with Gasteiger partial charge in [0.2, 0.25) is 0 Å². The quantitative estimate of drug-likeness (QED) is 0.818. The molecular formula is C10H14N2OS. The van der Waals surface area contributed by atoms with Crippen molar-refractivity contribution >= 4 is 11.3 Å². The Kier molecular flexibility index (Phi) is 4.08. The first-order valence-corrected chi connectivity index (χ1v) is 5.34. The number of nitriles is 1. The molecule has 1 N–H and O–H groups in total. The molecule has 0 spiro atoms. The summed E-state index contributed by atoms with van der Waals surface area (Å²) in [6.07, 6.45) is -0.310. The van der Waals surface area contributed by atoms with Crippen molar-refractivity contribution in [1.29, 1.82) is 5.26 Å². The first-order valence-electron chi connectivity index (χ1n) is 4.46. The maximum absolute atomic E-state index is 9.16. The fourth-order valence-corrected chi connectivity index (χ4v) is 2.19. The van der Waals surface area contributed by atoms with Crippen molar-refractivity contribution < 1.29 is 5.11 Å². The van der Waals surface area contributed by atoms with Crippen LogP contribution in [0.5, 0.6) is 0 Å². The third-order valence-corrected chi connectivity index (χ3v) is 2.71. The van der Waals surface area contributed by atoms with Crippen LogP contribution in [0.1, 0.15) is 17.4 Å². The Hall–Kier alpha value is -0.890. The van der Waals surface area contributed by atoms with Gasteiger partial charge in [-0.3, -0.25) is 4.90 Å². The molecular weight excluding hydrogens is 196 g/mol. The van der Waals surface area contributed by atoms with Crippen LogP contribution in [0.3, 0.4) is 0 Å². The predicted octanol–water partition coefficient (Wildman–Crippen LogP) is 1.43. The number of hydrogen-bond donors (Lipinski definition) is 1. The van der Waals surface area contributed by atoms with Gasteiger partial charge in [0.05, 0.1) is 11.7 Å². The van der Waals surface area contributed by atoms with Crippen LogP contribution in [-0.4, -0.2) is 29.7 Å². The summed E-state index contributed by atoms with van der Waals surface area (Å²) in [7, 11) is 1.96. The molecule has 1 rings (SSSR count). The zero-order chi connectivity index (χ0) is 10.6. The molecule has 0 aliphatic rings. The van der Waals surface area contributed by atoms with E-state index in [1.165, 1.54) is 0 Å². The van der Waals surface area contributed by atoms with Crippen LogP contribution in [0.25, 0.3) is 0 Å². The number of aliphatic hydroxyl groups excluding tert-OH is 1. The lowest BCUT2D eigenvalue weighted by Gasteiger charge is -2.16. The van der Waals surface area contributed by atoms with Crippen LogP contribution in [0.4, 0.5) is 0 Å². The highest BCUT2D eigenvalue weighted by molar-refractivity contribution is 7.10. The molecule has 14 heavy (non-hydrogen) atoms. The van der Waals surface area contributed by atoms with E-state index >= 15 is 0 Å². The van der Waals surface area contributed by atoms with E-state index in [2.05, 4.69) is 6.07 Å². The monoisotopic (exact) mass is 210 g/mol. The molecule has 1 heterocycles. The topological polar surface area (TPSA) is 47.3 Å². The molecule has 0 saturated carbocycles. The predicted molar refractivity (Wildman–Crippen MR) is 57.0 cm³/mol. The standard InChI is InChI=1S/C10H14N2OS/c1-8(13)5-12(2)6-10-3-9(4-11)7-14-10/h3,7-8,13H,5-6H2,1-2H3. The maximum Gasteiger partial charge on any atom is 0.100 e. The van der Waals surface area contributed by atoms with Gasteiger partial charge in [-0.05, 0) is 20.0 Å². The maximum atomic E-state index is 9.16. The first kappa shape index (κ1) is 11.2. The summed E-state index contributed by atoms with van der Waals surface area (Å²) < 4.78 is 0. The molecule has 4 heteroatoms. The van der Waals surface area contributed by atoms with Crippen LogP contribution in [0.2, 0.25) is 0 Å². The minimum Gasteiger partial charge on any atom is -0.392 e. The number of hydrogen-bond acceptors (Lipinski definition) is 4. The van der Waals surface area contributed by atoms with Gasteiger partial charge in [0.15, 0.2) is 0 Å². The number of nitrogens with zero attached hydrogens (tertiary/aromatic N) is 2. The van der Waals surface area contributed by atoms with Gasteiger partial charge in [-0.15, -0.1) is 11.3 Å². The molecule has 1 aromatic rings. The Morgan fingerprint density at radius 2 is 2.43 bits per heavy atom. The van der Waals surface area contributed by atoms with Gasteiger partial charge in [0.1, 0.15) is 6.07 Å². The van der Waals surface area contributed by atoms with E-state index in [1.807, 2.05) is 23.4 Å². The molecule has 0 aliphatic heterocycles. The highest BCUT2D eigenvalue weighted by Crippen LogP contribution is 2.15. The number of likely N-dealkylation sites (N-methyl/N-ethyl adjacent to an activating group) is 1. The van der Waals surface area contributed by atoms with Gasteiger partial charge in [-0.1, -0.05) is 0 Å². The Morgan fingerprint density at radius 3 is 2.93 bits per heavy atom. The molecule has 0 amide bonds. The normalized spacial score (nSPS) is 12.8. The molecule has 0 bridgehead atoms. The lowest BCUT2D eigenvalue weighted by Crippen LogP contribution is -2.26. The fourth-order valence-electron chi connectivity index (χ4n) is 1.30. The molecule has 76 valence electrons. The van der Waals surface area contributed by atoms with Gasteiger partial charge < -0.3 is 5.11 Å². The van der Waals surface area contributed by atoms with Crippen molar-refractivity contribution in [1.82, 2.24) is 4.90 Å². The molecule has 0 radical (unpaired) electrons. The molecule has 0 aliphatic carbocycles. The number of rotatable bonds is 4. The number of thiophene rings is 1. The smallest absolute Gasteiger partial charge is 0.100 e. The van der Waals surface area contributed by atoms with Crippen molar-refractivity contribution in [2.24, 2.45) is 0 Å². The summed E-state index contributed by atoms with van der Waals surface area (Å²) in [4.78, 5) is 3.20. The molecule has 1 aromatic heterocycles. The van der Waals surface area contributed by atoms with Crippen LogP contribution < -0.4 is 0 Å². The van der Waals surface area contributed by atoms with Crippen molar-refractivity contribution in [3.63, 3.8) is 0 Å². The van der Waals surface area contributed by atoms with E-state index in [-0.39, 0.29) is 6.10 Å². The molecule has 0 aromatic carbocycles. The Balaban J connectivity index is 2.48. The molecule has 1 atom stereocenters. The largest absolute Gasteiger partial charge is 0.392 e. The van der Waals surface area contributed by atoms with E-state index in [9.17, 15) is 0 Å². The van der Waals surface area contributed by atoms with Gasteiger partial charge in [0.25, 0.3) is 0 Å². The summed E-state index contributed by atoms with van der Waals surface area (Å²) >= 11 is 1.58. The van der Waals surface area contributed by atoms with E-state index in [1.54, 1.807) is 18.3 Å². The molecule has 1 unspecified atom stereocenters. The third kappa shape index (κ3) is 3.46. The zero-order valence-electron chi connectivity index (χ0n) is 8.40. The lowest BCUT2D eigenvalue weighted by molar-refractivity contribution is 0.139. The van der Waals surface area contributed by atoms with Gasteiger partial charge >= 0.3 is 0 Å². The van der Waals surface area contributed by atoms with E-state index in [0.29, 0.717) is 6.54 Å². The second-order valence-electron chi connectivity index (χ2n) is 3.46. The average Bonchev–Trinajstić information content (AvgIpc) is 2.50. The Labute approximate surface area is 88.2 Å². The summed E-state index contributed by atoms with van der Waals surface area (Å²) in [6, 6.07) is 4.00. The van der Waals surface area contributed by atoms with Crippen molar-refractivity contribution in [3.8, 4) is 6.07 Å². The van der Waals surface area contributed by atoms with Gasteiger partial charge in [0, 0.05) is 23.3 Å². The molecule has 3 nitrogen and oxygen atoms in total. The van der Waals surface area contributed by atoms with Crippen molar-refractivity contribution in [2.45, 2.75) is 19.6 Å². The minimum absolute atomic E-state index is 0.310. The lowest BCUT2D eigenvalue weighted by atomic mass is 10.3. The zero-order valence-corrected chi connectivity index (χ0v) is 9.21. The summed E-state index contributed by atoms with van der Waals surface area (Å²) in [5, 5.41) is 19.6. The van der Waals surface area contributed by atoms with Gasteiger partial charge in [-0.25, -0.2) is 0 Å². The third-order valence-electron chi connectivity index (χ3n) is 1.78.